The van der Waals surface area contributed by atoms with Gasteiger partial charge in [-0.1, -0.05) is 0 Å². The molecule has 3 fully saturated rings. The van der Waals surface area contributed by atoms with E-state index in [1.165, 1.54) is 24.3 Å². The van der Waals surface area contributed by atoms with E-state index in [1.54, 1.807) is 6.92 Å². The molecule has 2 N–H and O–H groups in total. The number of hydrogen-bond acceptors (Lipinski definition) is 7. The van der Waals surface area contributed by atoms with Gasteiger partial charge in [-0.05, 0) is 65.1 Å². The van der Waals surface area contributed by atoms with Crippen LogP contribution in [0.5, 0.6) is 0 Å². The summed E-state index contributed by atoms with van der Waals surface area (Å²) in [6.45, 7) is 7.72. The van der Waals surface area contributed by atoms with E-state index in [0.717, 1.165) is 19.4 Å². The molecule has 4 rings (SSSR count). The van der Waals surface area contributed by atoms with Crippen molar-refractivity contribution in [1.82, 2.24) is 15.1 Å². The lowest BCUT2D eigenvalue weighted by Crippen LogP contribution is -2.66. The number of nitro benzene ring substituents is 1. The summed E-state index contributed by atoms with van der Waals surface area (Å²) in [4.78, 5) is 52.5. The molecule has 1 spiro atoms. The largest absolute Gasteiger partial charge is 0.358 e. The average Bonchev–Trinajstić information content (AvgIpc) is 3.46. The summed E-state index contributed by atoms with van der Waals surface area (Å²) < 4.78 is 6.08. The molecule has 1 aromatic carbocycles. The molecule has 1 aromatic rings. The number of anilines is 1. The van der Waals surface area contributed by atoms with Crippen LogP contribution in [0.1, 0.15) is 46.5 Å². The Morgan fingerprint density at radius 2 is 1.83 bits per heavy atom. The number of amides is 3. The standard InChI is InChI=1S/C24H33N5O6/c1-15(2)28-12-4-5-19(28)23(32)27-13-24(14-27)11-10-20(35-24)22(31)25-16(3)21(30)26-17-6-8-18(9-7-17)29(33)34/h6-9,15-16,19-20H,4-5,10-14H2,1-3H3,(H,25,31)(H,26,30)/t16-,19+,20?/m0/s1. The Hall–Kier alpha value is -3.05. The van der Waals surface area contributed by atoms with Gasteiger partial charge in [0.2, 0.25) is 17.7 Å². The van der Waals surface area contributed by atoms with Gasteiger partial charge in [-0.25, -0.2) is 0 Å². The topological polar surface area (TPSA) is 134 Å². The minimum Gasteiger partial charge on any atom is -0.358 e. The molecular weight excluding hydrogens is 454 g/mol. The van der Waals surface area contributed by atoms with Crippen molar-refractivity contribution in [3.05, 3.63) is 34.4 Å². The van der Waals surface area contributed by atoms with Crippen LogP contribution in [0.3, 0.4) is 0 Å². The number of benzene rings is 1. The fraction of sp³-hybridized carbons (Fsp3) is 0.625. The first kappa shape index (κ1) is 25.1. The van der Waals surface area contributed by atoms with Gasteiger partial charge in [0.15, 0.2) is 0 Å². The monoisotopic (exact) mass is 487 g/mol. The Labute approximate surface area is 204 Å². The molecule has 0 radical (unpaired) electrons. The Balaban J connectivity index is 1.24. The molecule has 11 nitrogen and oxygen atoms in total. The number of hydrogen-bond donors (Lipinski definition) is 2. The second-order valence-electron chi connectivity index (χ2n) is 10.0. The molecule has 0 aliphatic carbocycles. The lowest BCUT2D eigenvalue weighted by molar-refractivity contribution is -0.384. The number of carbonyl (C=O) groups excluding carboxylic acids is 3. The molecule has 35 heavy (non-hydrogen) atoms. The number of nitrogens with one attached hydrogen (secondary N) is 2. The minimum atomic E-state index is -0.818. The summed E-state index contributed by atoms with van der Waals surface area (Å²) in [5, 5.41) is 16.1. The highest BCUT2D eigenvalue weighted by Gasteiger charge is 2.54. The van der Waals surface area contributed by atoms with Gasteiger partial charge in [-0.15, -0.1) is 0 Å². The van der Waals surface area contributed by atoms with E-state index >= 15 is 0 Å². The van der Waals surface area contributed by atoms with Crippen molar-refractivity contribution in [2.24, 2.45) is 0 Å². The maximum Gasteiger partial charge on any atom is 0.269 e. The van der Waals surface area contributed by atoms with Crippen LogP contribution in [0, 0.1) is 10.1 Å². The summed E-state index contributed by atoms with van der Waals surface area (Å²) >= 11 is 0. The smallest absolute Gasteiger partial charge is 0.269 e. The van der Waals surface area contributed by atoms with Crippen LogP contribution in [0.15, 0.2) is 24.3 Å². The SMILES string of the molecule is CC(C)N1CCC[C@@H]1C(=O)N1CC2(CCC(C(=O)N[C@@H](C)C(=O)Nc3ccc([N+](=O)[O-])cc3)O2)C1. The fourth-order valence-electron chi connectivity index (χ4n) is 5.21. The van der Waals surface area contributed by atoms with Gasteiger partial charge in [0.25, 0.3) is 5.69 Å². The predicted octanol–water partition coefficient (Wildman–Crippen LogP) is 1.67. The molecule has 190 valence electrons. The molecule has 0 saturated carbocycles. The molecule has 3 aliphatic heterocycles. The zero-order valence-corrected chi connectivity index (χ0v) is 20.4. The third-order valence-electron chi connectivity index (χ3n) is 7.16. The van der Waals surface area contributed by atoms with Crippen LogP contribution in [0.2, 0.25) is 0 Å². The molecule has 3 saturated heterocycles. The maximum atomic E-state index is 13.0. The molecule has 3 heterocycles. The summed E-state index contributed by atoms with van der Waals surface area (Å²) in [7, 11) is 0. The van der Waals surface area contributed by atoms with Crippen LogP contribution in [0.4, 0.5) is 11.4 Å². The Kier molecular flexibility index (Phi) is 7.09. The Morgan fingerprint density at radius 3 is 2.46 bits per heavy atom. The van der Waals surface area contributed by atoms with Crippen LogP contribution in [-0.2, 0) is 19.1 Å². The zero-order chi connectivity index (χ0) is 25.3. The second kappa shape index (κ2) is 9.90. The quantitative estimate of drug-likeness (QED) is 0.441. The van der Waals surface area contributed by atoms with Crippen LogP contribution >= 0.6 is 0 Å². The summed E-state index contributed by atoms with van der Waals surface area (Å²) in [6.07, 6.45) is 2.47. The number of likely N-dealkylation sites (tertiary alicyclic amines) is 2. The highest BCUT2D eigenvalue weighted by atomic mass is 16.6. The third kappa shape index (κ3) is 5.30. The van der Waals surface area contributed by atoms with E-state index in [0.29, 0.717) is 37.7 Å². The van der Waals surface area contributed by atoms with Crippen LogP contribution in [-0.4, -0.2) is 81.9 Å². The Morgan fingerprint density at radius 1 is 1.14 bits per heavy atom. The first-order valence-corrected chi connectivity index (χ1v) is 12.2. The van der Waals surface area contributed by atoms with Gasteiger partial charge in [-0.2, -0.15) is 0 Å². The van der Waals surface area contributed by atoms with Crippen molar-refractivity contribution in [2.75, 3.05) is 25.0 Å². The van der Waals surface area contributed by atoms with Crippen molar-refractivity contribution < 1.29 is 24.0 Å². The van der Waals surface area contributed by atoms with Crippen molar-refractivity contribution in [2.45, 2.75) is 76.3 Å². The third-order valence-corrected chi connectivity index (χ3v) is 7.16. The minimum absolute atomic E-state index is 0.0667. The maximum absolute atomic E-state index is 13.0. The van der Waals surface area contributed by atoms with E-state index < -0.39 is 28.6 Å². The van der Waals surface area contributed by atoms with Crippen LogP contribution < -0.4 is 10.6 Å². The average molecular weight is 488 g/mol. The predicted molar refractivity (Wildman–Crippen MR) is 128 cm³/mol. The molecule has 3 amide bonds. The molecule has 1 unspecified atom stereocenters. The summed E-state index contributed by atoms with van der Waals surface area (Å²) in [6, 6.07) is 4.91. The number of nitrogens with zero attached hydrogens (tertiary/aromatic N) is 3. The lowest BCUT2D eigenvalue weighted by Gasteiger charge is -2.49. The fourth-order valence-corrected chi connectivity index (χ4v) is 5.21. The van der Waals surface area contributed by atoms with Gasteiger partial charge < -0.3 is 20.3 Å². The molecule has 3 aliphatic rings. The van der Waals surface area contributed by atoms with Crippen molar-refractivity contribution in [3.63, 3.8) is 0 Å². The highest BCUT2D eigenvalue weighted by Crippen LogP contribution is 2.39. The van der Waals surface area contributed by atoms with Crippen molar-refractivity contribution >= 4 is 29.1 Å². The first-order valence-electron chi connectivity index (χ1n) is 12.2. The normalized spacial score (nSPS) is 24.3. The first-order chi connectivity index (χ1) is 16.6. The van der Waals surface area contributed by atoms with E-state index in [2.05, 4.69) is 29.4 Å². The number of rotatable bonds is 7. The van der Waals surface area contributed by atoms with E-state index in [1.807, 2.05) is 4.90 Å². The van der Waals surface area contributed by atoms with E-state index in [-0.39, 0.29) is 23.5 Å². The second-order valence-corrected chi connectivity index (χ2v) is 10.0. The number of carbonyl (C=O) groups is 3. The van der Waals surface area contributed by atoms with Gasteiger partial charge >= 0.3 is 0 Å². The summed E-state index contributed by atoms with van der Waals surface area (Å²) in [5.41, 5.74) is -0.160. The van der Waals surface area contributed by atoms with Gasteiger partial charge in [0.05, 0.1) is 24.1 Å². The molecule has 0 bridgehead atoms. The number of nitro groups is 1. The van der Waals surface area contributed by atoms with Crippen LogP contribution in [0.25, 0.3) is 0 Å². The lowest BCUT2D eigenvalue weighted by atomic mass is 9.89. The number of ether oxygens (including phenoxy) is 1. The van der Waals surface area contributed by atoms with Gasteiger partial charge in [0, 0.05) is 23.9 Å². The number of non-ortho nitro benzene ring substituents is 1. The Bertz CT molecular complexity index is 991. The summed E-state index contributed by atoms with van der Waals surface area (Å²) in [5.74, 6) is -0.652. The zero-order valence-electron chi connectivity index (χ0n) is 20.4. The molecule has 3 atom stereocenters. The molecular formula is C24H33N5O6. The van der Waals surface area contributed by atoms with Crippen molar-refractivity contribution in [1.29, 1.82) is 0 Å². The van der Waals surface area contributed by atoms with Gasteiger partial charge in [0.1, 0.15) is 17.7 Å². The van der Waals surface area contributed by atoms with E-state index in [4.69, 9.17) is 4.74 Å². The van der Waals surface area contributed by atoms with Crippen molar-refractivity contribution in [3.8, 4) is 0 Å². The molecule has 0 aromatic heterocycles. The van der Waals surface area contributed by atoms with Gasteiger partial charge in [-0.3, -0.25) is 29.4 Å². The highest BCUT2D eigenvalue weighted by molar-refractivity contribution is 5.97. The molecule has 11 heteroatoms. The van der Waals surface area contributed by atoms with E-state index in [9.17, 15) is 24.5 Å².